The van der Waals surface area contributed by atoms with E-state index in [1.165, 1.54) is 0 Å². The van der Waals surface area contributed by atoms with Crippen LogP contribution in [0.15, 0.2) is 48.7 Å². The Bertz CT molecular complexity index is 1370. The van der Waals surface area contributed by atoms with E-state index < -0.39 is 0 Å². The molecule has 0 bridgehead atoms. The second-order valence-electron chi connectivity index (χ2n) is 10.3. The van der Waals surface area contributed by atoms with Crippen LogP contribution in [0, 0.1) is 0 Å². The molecule has 0 radical (unpaired) electrons. The summed E-state index contributed by atoms with van der Waals surface area (Å²) < 4.78 is 0. The highest BCUT2D eigenvalue weighted by atomic mass is 35.5. The zero-order chi connectivity index (χ0) is 27.6. The lowest BCUT2D eigenvalue weighted by Gasteiger charge is -2.40. The SMILES string of the molecule is CC1(NCc2ccc(NC3CCC(=O)NC3=O)cc2)CCN(c2cnc(-c3cccc(Cl)c3Cl)c(N)n2)CC1. The molecular formula is C28H31Cl2N7O2. The van der Waals surface area contributed by atoms with E-state index in [4.69, 9.17) is 28.9 Å². The number of amides is 2. The van der Waals surface area contributed by atoms with Gasteiger partial charge in [0.25, 0.3) is 0 Å². The number of piperidine rings is 2. The van der Waals surface area contributed by atoms with Crippen molar-refractivity contribution in [3.05, 3.63) is 64.3 Å². The summed E-state index contributed by atoms with van der Waals surface area (Å²) >= 11 is 12.5. The highest BCUT2D eigenvalue weighted by Gasteiger charge is 2.31. The van der Waals surface area contributed by atoms with E-state index in [2.05, 4.69) is 37.7 Å². The van der Waals surface area contributed by atoms with Gasteiger partial charge in [-0.05, 0) is 49.9 Å². The third-order valence-corrected chi connectivity index (χ3v) is 8.26. The molecule has 2 fully saturated rings. The third-order valence-electron chi connectivity index (χ3n) is 7.44. The van der Waals surface area contributed by atoms with Gasteiger partial charge in [0.2, 0.25) is 11.8 Å². The van der Waals surface area contributed by atoms with Crippen LogP contribution in [0.5, 0.6) is 0 Å². The van der Waals surface area contributed by atoms with Gasteiger partial charge in [0.1, 0.15) is 17.6 Å². The van der Waals surface area contributed by atoms with Crippen LogP contribution >= 0.6 is 23.2 Å². The second kappa shape index (κ2) is 11.4. The molecule has 2 saturated heterocycles. The van der Waals surface area contributed by atoms with Gasteiger partial charge in [0, 0.05) is 42.8 Å². The van der Waals surface area contributed by atoms with Gasteiger partial charge in [0.05, 0.1) is 16.2 Å². The van der Waals surface area contributed by atoms with E-state index in [-0.39, 0.29) is 23.4 Å². The van der Waals surface area contributed by atoms with Crippen LogP contribution in [-0.2, 0) is 16.1 Å². The summed E-state index contributed by atoms with van der Waals surface area (Å²) in [5.41, 5.74) is 9.44. The molecule has 3 aromatic rings. The summed E-state index contributed by atoms with van der Waals surface area (Å²) in [4.78, 5) is 34.7. The van der Waals surface area contributed by atoms with E-state index in [9.17, 15) is 9.59 Å². The largest absolute Gasteiger partial charge is 0.382 e. The van der Waals surface area contributed by atoms with E-state index >= 15 is 0 Å². The number of nitrogens with zero attached hydrogens (tertiary/aromatic N) is 3. The summed E-state index contributed by atoms with van der Waals surface area (Å²) in [6.45, 7) is 4.62. The highest BCUT2D eigenvalue weighted by molar-refractivity contribution is 6.43. The Balaban J connectivity index is 1.14. The fourth-order valence-electron chi connectivity index (χ4n) is 4.91. The highest BCUT2D eigenvalue weighted by Crippen LogP contribution is 2.35. The van der Waals surface area contributed by atoms with Crippen LogP contribution in [-0.4, -0.2) is 46.5 Å². The van der Waals surface area contributed by atoms with Crippen molar-refractivity contribution >= 4 is 52.3 Å². The van der Waals surface area contributed by atoms with Gasteiger partial charge < -0.3 is 21.3 Å². The minimum Gasteiger partial charge on any atom is -0.382 e. The standard InChI is InChI=1S/C28H31Cl2N7O2/c1-28(33-15-17-5-7-18(8-6-17)34-21-9-10-23(38)36-27(21)39)11-13-37(14-12-28)22-16-32-25(26(31)35-22)19-3-2-4-20(29)24(19)30/h2-8,16,21,33-34H,9-15H2,1H3,(H2,31,35)(H,36,38,39). The Labute approximate surface area is 237 Å². The van der Waals surface area contributed by atoms with Crippen LogP contribution in [0.2, 0.25) is 10.0 Å². The predicted molar refractivity (Wildman–Crippen MR) is 155 cm³/mol. The number of nitrogen functional groups attached to an aromatic ring is 1. The van der Waals surface area contributed by atoms with Crippen molar-refractivity contribution < 1.29 is 9.59 Å². The zero-order valence-corrected chi connectivity index (χ0v) is 23.1. The quantitative estimate of drug-likeness (QED) is 0.309. The molecule has 1 atom stereocenters. The monoisotopic (exact) mass is 567 g/mol. The van der Waals surface area contributed by atoms with Crippen LogP contribution in [0.3, 0.4) is 0 Å². The molecule has 2 amide bonds. The Kier molecular flexibility index (Phi) is 7.93. The van der Waals surface area contributed by atoms with Crippen molar-refractivity contribution in [2.24, 2.45) is 0 Å². The Hall–Kier alpha value is -3.40. The molecule has 0 spiro atoms. The Morgan fingerprint density at radius 1 is 1.13 bits per heavy atom. The molecule has 5 N–H and O–H groups in total. The number of hydrogen-bond acceptors (Lipinski definition) is 8. The lowest BCUT2D eigenvalue weighted by molar-refractivity contribution is -0.133. The average molecular weight is 569 g/mol. The molecule has 1 unspecified atom stereocenters. The van der Waals surface area contributed by atoms with Crippen molar-refractivity contribution in [1.29, 1.82) is 0 Å². The lowest BCUT2D eigenvalue weighted by Crippen LogP contribution is -2.51. The maximum atomic E-state index is 12.0. The molecule has 3 heterocycles. The molecule has 2 aromatic carbocycles. The minimum absolute atomic E-state index is 0.0205. The molecule has 39 heavy (non-hydrogen) atoms. The third kappa shape index (κ3) is 6.27. The number of carbonyl (C=O) groups is 2. The van der Waals surface area contributed by atoms with E-state index in [0.717, 1.165) is 49.5 Å². The average Bonchev–Trinajstić information content (AvgIpc) is 2.92. The summed E-state index contributed by atoms with van der Waals surface area (Å²) in [6.07, 6.45) is 4.47. The van der Waals surface area contributed by atoms with Crippen molar-refractivity contribution in [1.82, 2.24) is 20.6 Å². The first-order valence-corrected chi connectivity index (χ1v) is 13.7. The maximum absolute atomic E-state index is 12.0. The molecule has 0 saturated carbocycles. The van der Waals surface area contributed by atoms with Gasteiger partial charge in [-0.2, -0.15) is 0 Å². The Morgan fingerprint density at radius 2 is 1.87 bits per heavy atom. The number of nitrogens with two attached hydrogens (primary N) is 1. The van der Waals surface area contributed by atoms with Gasteiger partial charge >= 0.3 is 0 Å². The van der Waals surface area contributed by atoms with Gasteiger partial charge in [-0.15, -0.1) is 0 Å². The van der Waals surface area contributed by atoms with Gasteiger partial charge in [-0.25, -0.2) is 9.97 Å². The number of rotatable bonds is 7. The Morgan fingerprint density at radius 3 is 2.56 bits per heavy atom. The molecular weight excluding hydrogens is 537 g/mol. The number of aromatic nitrogens is 2. The molecule has 204 valence electrons. The first kappa shape index (κ1) is 27.2. The number of hydrogen-bond donors (Lipinski definition) is 4. The number of imide groups is 1. The van der Waals surface area contributed by atoms with E-state index in [0.29, 0.717) is 40.0 Å². The summed E-state index contributed by atoms with van der Waals surface area (Å²) in [5.74, 6) is 0.577. The maximum Gasteiger partial charge on any atom is 0.249 e. The predicted octanol–water partition coefficient (Wildman–Crippen LogP) is 4.40. The molecule has 2 aliphatic rings. The number of benzene rings is 2. The van der Waals surface area contributed by atoms with Crippen molar-refractivity contribution in [2.75, 3.05) is 29.0 Å². The van der Waals surface area contributed by atoms with E-state index in [1.807, 2.05) is 36.4 Å². The fourth-order valence-corrected chi connectivity index (χ4v) is 5.30. The lowest BCUT2D eigenvalue weighted by atomic mass is 9.89. The van der Waals surface area contributed by atoms with Crippen LogP contribution in [0.4, 0.5) is 17.3 Å². The minimum atomic E-state index is -0.387. The first-order valence-electron chi connectivity index (χ1n) is 13.0. The summed E-state index contributed by atoms with van der Waals surface area (Å²) in [7, 11) is 0. The second-order valence-corrected chi connectivity index (χ2v) is 11.1. The normalized spacial score (nSPS) is 19.1. The van der Waals surface area contributed by atoms with Gasteiger partial charge in [0.15, 0.2) is 5.82 Å². The molecule has 2 aliphatic heterocycles. The number of anilines is 3. The number of nitrogens with one attached hydrogen (secondary N) is 3. The van der Waals surface area contributed by atoms with Gasteiger partial charge in [-0.3, -0.25) is 14.9 Å². The van der Waals surface area contributed by atoms with Crippen LogP contribution in [0.25, 0.3) is 11.3 Å². The van der Waals surface area contributed by atoms with Crippen molar-refractivity contribution in [2.45, 2.75) is 50.7 Å². The first-order chi connectivity index (χ1) is 18.7. The molecule has 1 aromatic heterocycles. The fraction of sp³-hybridized carbons (Fsp3) is 0.357. The molecule has 5 rings (SSSR count). The summed E-state index contributed by atoms with van der Waals surface area (Å²) in [6, 6.07) is 13.0. The molecule has 9 nitrogen and oxygen atoms in total. The topological polar surface area (TPSA) is 125 Å². The number of carbonyl (C=O) groups excluding carboxylic acids is 2. The van der Waals surface area contributed by atoms with Crippen molar-refractivity contribution in [3.8, 4) is 11.3 Å². The van der Waals surface area contributed by atoms with Crippen molar-refractivity contribution in [3.63, 3.8) is 0 Å². The number of halogens is 2. The smallest absolute Gasteiger partial charge is 0.249 e. The van der Waals surface area contributed by atoms with Crippen LogP contribution in [0.1, 0.15) is 38.2 Å². The molecule has 11 heteroatoms. The molecule has 0 aliphatic carbocycles. The van der Waals surface area contributed by atoms with Crippen LogP contribution < -0.4 is 26.6 Å². The zero-order valence-electron chi connectivity index (χ0n) is 21.6. The van der Waals surface area contributed by atoms with Gasteiger partial charge in [-0.1, -0.05) is 47.5 Å². The summed E-state index contributed by atoms with van der Waals surface area (Å²) in [5, 5.41) is 10.2. The van der Waals surface area contributed by atoms with E-state index in [1.54, 1.807) is 12.3 Å².